The lowest BCUT2D eigenvalue weighted by Gasteiger charge is -2.23. The van der Waals surface area contributed by atoms with Crippen molar-refractivity contribution in [3.05, 3.63) is 29.7 Å². The molecule has 1 aromatic carbocycles. The third-order valence-corrected chi connectivity index (χ3v) is 3.75. The minimum Gasteiger partial charge on any atom is -0.441 e. The fraction of sp³-hybridized carbons (Fsp3) is 0.467. The molecule has 0 bridgehead atoms. The molecule has 0 aliphatic heterocycles. The number of carbonyl (C=O) groups excluding carboxylic acids is 1. The highest BCUT2D eigenvalue weighted by Gasteiger charge is 2.24. The molecular formula is C15H18N2O2. The molecule has 4 heteroatoms. The Labute approximate surface area is 112 Å². The first-order valence-electron chi connectivity index (χ1n) is 6.86. The van der Waals surface area contributed by atoms with E-state index < -0.39 is 0 Å². The average molecular weight is 258 g/mol. The molecule has 0 atom stereocenters. The molecule has 1 N–H and O–H groups in total. The number of nitrogens with one attached hydrogen (secondary N) is 1. The number of fused-ring (bicyclic) bond motifs is 1. The summed E-state index contributed by atoms with van der Waals surface area (Å²) in [7, 11) is 0. The minimum absolute atomic E-state index is 0.213. The van der Waals surface area contributed by atoms with E-state index in [9.17, 15) is 4.79 Å². The van der Waals surface area contributed by atoms with Crippen molar-refractivity contribution in [2.75, 3.05) is 6.54 Å². The zero-order valence-corrected chi connectivity index (χ0v) is 11.1. The number of hydrogen-bond donors (Lipinski definition) is 1. The van der Waals surface area contributed by atoms with E-state index in [0.717, 1.165) is 30.4 Å². The molecule has 1 heterocycles. The number of hydrogen-bond acceptors (Lipinski definition) is 3. The van der Waals surface area contributed by atoms with Gasteiger partial charge in [-0.25, -0.2) is 4.98 Å². The molecule has 1 aromatic heterocycles. The molecule has 4 nitrogen and oxygen atoms in total. The predicted octanol–water partition coefficient (Wildman–Crippen LogP) is 2.60. The molecule has 1 aliphatic rings. The van der Waals surface area contributed by atoms with Crippen molar-refractivity contribution in [1.29, 1.82) is 0 Å². The molecule has 0 radical (unpaired) electrons. The summed E-state index contributed by atoms with van der Waals surface area (Å²) in [5, 5.41) is 3.00. The molecule has 1 saturated carbocycles. The lowest BCUT2D eigenvalue weighted by molar-refractivity contribution is -0.127. The van der Waals surface area contributed by atoms with Gasteiger partial charge in [0, 0.05) is 19.4 Å². The van der Waals surface area contributed by atoms with Gasteiger partial charge in [0.1, 0.15) is 5.52 Å². The highest BCUT2D eigenvalue weighted by molar-refractivity contribution is 5.79. The van der Waals surface area contributed by atoms with Gasteiger partial charge in [0.05, 0.1) is 0 Å². The second-order valence-electron chi connectivity index (χ2n) is 5.20. The van der Waals surface area contributed by atoms with Crippen molar-refractivity contribution < 1.29 is 9.21 Å². The van der Waals surface area contributed by atoms with Gasteiger partial charge in [0.2, 0.25) is 5.91 Å². The van der Waals surface area contributed by atoms with Crippen molar-refractivity contribution in [3.8, 4) is 0 Å². The third-order valence-electron chi connectivity index (χ3n) is 3.75. The molecule has 1 aliphatic carbocycles. The summed E-state index contributed by atoms with van der Waals surface area (Å²) in [6, 6.07) is 6.00. The Morgan fingerprint density at radius 1 is 1.47 bits per heavy atom. The molecule has 1 amide bonds. The second kappa shape index (κ2) is 5.03. The molecule has 0 spiro atoms. The fourth-order valence-electron chi connectivity index (χ4n) is 2.39. The minimum atomic E-state index is 0.213. The number of carbonyl (C=O) groups is 1. The molecule has 0 unspecified atom stereocenters. The number of benzene rings is 1. The summed E-state index contributed by atoms with van der Waals surface area (Å²) >= 11 is 0. The normalized spacial score (nSPS) is 15.4. The van der Waals surface area contributed by atoms with Crippen LogP contribution < -0.4 is 5.32 Å². The molecule has 19 heavy (non-hydrogen) atoms. The van der Waals surface area contributed by atoms with Crippen LogP contribution in [0.25, 0.3) is 11.1 Å². The van der Waals surface area contributed by atoms with Gasteiger partial charge >= 0.3 is 0 Å². The van der Waals surface area contributed by atoms with Gasteiger partial charge in [-0.05, 0) is 37.0 Å². The van der Waals surface area contributed by atoms with Crippen molar-refractivity contribution >= 4 is 17.0 Å². The Morgan fingerprint density at radius 3 is 3.05 bits per heavy atom. The van der Waals surface area contributed by atoms with Crippen LogP contribution in [0.15, 0.2) is 22.6 Å². The predicted molar refractivity (Wildman–Crippen MR) is 72.8 cm³/mol. The quantitative estimate of drug-likeness (QED) is 0.917. The number of rotatable bonds is 4. The zero-order valence-electron chi connectivity index (χ0n) is 11.1. The highest BCUT2D eigenvalue weighted by atomic mass is 16.3. The number of amides is 1. The van der Waals surface area contributed by atoms with Gasteiger partial charge in [-0.2, -0.15) is 0 Å². The summed E-state index contributed by atoms with van der Waals surface area (Å²) in [5.41, 5.74) is 2.88. The van der Waals surface area contributed by atoms with E-state index in [2.05, 4.69) is 10.3 Å². The number of aryl methyl sites for hydroxylation is 1. The molecule has 3 rings (SSSR count). The van der Waals surface area contributed by atoms with Gasteiger partial charge in [-0.15, -0.1) is 0 Å². The fourth-order valence-corrected chi connectivity index (χ4v) is 2.39. The molecule has 2 aromatic rings. The van der Waals surface area contributed by atoms with Crippen LogP contribution in [0.1, 0.15) is 30.7 Å². The Hall–Kier alpha value is -1.84. The standard InChI is InChI=1S/C15H18N2O2/c1-10-17-13-9-11(5-6-14(13)19-10)7-8-16-15(18)12-3-2-4-12/h5-6,9,12H,2-4,7-8H2,1H3,(H,16,18). The van der Waals surface area contributed by atoms with Crippen LogP contribution in [-0.2, 0) is 11.2 Å². The van der Waals surface area contributed by atoms with Crippen LogP contribution >= 0.6 is 0 Å². The van der Waals surface area contributed by atoms with Gasteiger partial charge in [-0.1, -0.05) is 12.5 Å². The topological polar surface area (TPSA) is 55.1 Å². The van der Waals surface area contributed by atoms with E-state index in [1.165, 1.54) is 12.0 Å². The summed E-state index contributed by atoms with van der Waals surface area (Å²) in [4.78, 5) is 16.0. The molecule has 100 valence electrons. The lowest BCUT2D eigenvalue weighted by atomic mass is 9.85. The number of nitrogens with zero attached hydrogens (tertiary/aromatic N) is 1. The van der Waals surface area contributed by atoms with Gasteiger partial charge in [0.15, 0.2) is 11.5 Å². The van der Waals surface area contributed by atoms with E-state index in [0.29, 0.717) is 12.4 Å². The highest BCUT2D eigenvalue weighted by Crippen LogP contribution is 2.26. The van der Waals surface area contributed by atoms with Gasteiger partial charge in [-0.3, -0.25) is 4.79 Å². The average Bonchev–Trinajstić information content (AvgIpc) is 2.66. The second-order valence-corrected chi connectivity index (χ2v) is 5.20. The Bertz CT molecular complexity index is 599. The Kier molecular flexibility index (Phi) is 3.23. The number of oxazole rings is 1. The van der Waals surface area contributed by atoms with Gasteiger partial charge < -0.3 is 9.73 Å². The monoisotopic (exact) mass is 258 g/mol. The van der Waals surface area contributed by atoms with Crippen LogP contribution in [0.3, 0.4) is 0 Å². The maximum absolute atomic E-state index is 11.7. The first kappa shape index (κ1) is 12.2. The third kappa shape index (κ3) is 2.62. The molecular weight excluding hydrogens is 240 g/mol. The van der Waals surface area contributed by atoms with Crippen LogP contribution in [-0.4, -0.2) is 17.4 Å². The first-order valence-corrected chi connectivity index (χ1v) is 6.86. The summed E-state index contributed by atoms with van der Waals surface area (Å²) in [6.07, 6.45) is 4.13. The van der Waals surface area contributed by atoms with E-state index in [1.807, 2.05) is 25.1 Å². The van der Waals surface area contributed by atoms with Crippen LogP contribution in [0.5, 0.6) is 0 Å². The van der Waals surface area contributed by atoms with Gasteiger partial charge in [0.25, 0.3) is 0 Å². The summed E-state index contributed by atoms with van der Waals surface area (Å²) in [6.45, 7) is 2.54. The van der Waals surface area contributed by atoms with Crippen molar-refractivity contribution in [2.45, 2.75) is 32.6 Å². The van der Waals surface area contributed by atoms with Crippen LogP contribution in [0.2, 0.25) is 0 Å². The largest absolute Gasteiger partial charge is 0.441 e. The van der Waals surface area contributed by atoms with Crippen molar-refractivity contribution in [1.82, 2.24) is 10.3 Å². The number of aromatic nitrogens is 1. The van der Waals surface area contributed by atoms with Crippen LogP contribution in [0, 0.1) is 12.8 Å². The first-order chi connectivity index (χ1) is 9.22. The molecule has 0 saturated heterocycles. The smallest absolute Gasteiger partial charge is 0.223 e. The van der Waals surface area contributed by atoms with E-state index in [1.54, 1.807) is 0 Å². The summed E-state index contributed by atoms with van der Waals surface area (Å²) in [5.74, 6) is 1.16. The van der Waals surface area contributed by atoms with E-state index in [4.69, 9.17) is 4.42 Å². The van der Waals surface area contributed by atoms with Crippen LogP contribution in [0.4, 0.5) is 0 Å². The Morgan fingerprint density at radius 2 is 2.32 bits per heavy atom. The Balaban J connectivity index is 1.57. The van der Waals surface area contributed by atoms with Crippen molar-refractivity contribution in [2.24, 2.45) is 5.92 Å². The van der Waals surface area contributed by atoms with Crippen molar-refractivity contribution in [3.63, 3.8) is 0 Å². The SMILES string of the molecule is Cc1nc2cc(CCNC(=O)C3CCC3)ccc2o1. The van der Waals surface area contributed by atoms with E-state index in [-0.39, 0.29) is 11.8 Å². The summed E-state index contributed by atoms with van der Waals surface area (Å²) < 4.78 is 5.44. The maximum atomic E-state index is 11.7. The lowest BCUT2D eigenvalue weighted by Crippen LogP contribution is -2.35. The maximum Gasteiger partial charge on any atom is 0.223 e. The molecule has 1 fully saturated rings. The zero-order chi connectivity index (χ0) is 13.2. The van der Waals surface area contributed by atoms with E-state index >= 15 is 0 Å².